The molecule has 9 heteroatoms. The number of nitrogens with one attached hydrogen (secondary N) is 2. The summed E-state index contributed by atoms with van der Waals surface area (Å²) in [5, 5.41) is 10.6. The average molecular weight is 474 g/mol. The first-order valence-corrected chi connectivity index (χ1v) is 12.0. The molecule has 0 heterocycles. The summed E-state index contributed by atoms with van der Waals surface area (Å²) in [6.07, 6.45) is 6.13. The van der Waals surface area contributed by atoms with E-state index in [1.807, 2.05) is 25.1 Å². The molecular weight excluding hydrogens is 445 g/mol. The molecule has 0 atom stereocenters. The molecular formula is C24H28FN3O4S. The summed E-state index contributed by atoms with van der Waals surface area (Å²) in [7, 11) is 1.19. The summed E-state index contributed by atoms with van der Waals surface area (Å²) in [4.78, 5) is 12.7. The van der Waals surface area contributed by atoms with Gasteiger partial charge in [0.2, 0.25) is 6.41 Å². The Bertz CT molecular complexity index is 1220. The van der Waals surface area contributed by atoms with Crippen LogP contribution in [0.4, 0.5) is 4.39 Å². The lowest BCUT2D eigenvalue weighted by Crippen LogP contribution is -2.10. The first-order valence-electron chi connectivity index (χ1n) is 9.97. The number of nitrogens with zero attached hydrogens (tertiary/aromatic N) is 1. The Balaban J connectivity index is 2.87. The number of carbonyl (C=O) groups is 1. The van der Waals surface area contributed by atoms with Crippen LogP contribution >= 0.6 is 0 Å². The topological polar surface area (TPSA) is 99.6 Å². The molecule has 0 unspecified atom stereocenters. The second kappa shape index (κ2) is 10.9. The molecule has 2 aromatic rings. The molecule has 0 fully saturated rings. The minimum absolute atomic E-state index is 0.00276. The molecule has 1 amide bonds. The molecule has 2 aromatic carbocycles. The number of benzene rings is 2. The molecule has 2 rings (SSSR count). The van der Waals surface area contributed by atoms with Crippen LogP contribution in [0.2, 0.25) is 0 Å². The van der Waals surface area contributed by atoms with E-state index in [2.05, 4.69) is 5.32 Å². The number of hydrogen-bond acceptors (Lipinski definition) is 6. The Hall–Kier alpha value is -3.46. The van der Waals surface area contributed by atoms with Gasteiger partial charge >= 0.3 is 0 Å². The van der Waals surface area contributed by atoms with Gasteiger partial charge in [-0.2, -0.15) is 0 Å². The summed E-state index contributed by atoms with van der Waals surface area (Å²) in [5.41, 5.74) is 3.90. The lowest BCUT2D eigenvalue weighted by molar-refractivity contribution is -0.114. The summed E-state index contributed by atoms with van der Waals surface area (Å²) >= 11 is 0. The van der Waals surface area contributed by atoms with Crippen molar-refractivity contribution in [3.8, 4) is 5.75 Å². The van der Waals surface area contributed by atoms with E-state index in [0.29, 0.717) is 28.7 Å². The second-order valence-corrected chi connectivity index (χ2v) is 9.73. The number of rotatable bonds is 10. The van der Waals surface area contributed by atoms with Gasteiger partial charge in [0.15, 0.2) is 9.84 Å². The van der Waals surface area contributed by atoms with Crippen molar-refractivity contribution in [3.05, 3.63) is 76.4 Å². The van der Waals surface area contributed by atoms with E-state index in [1.165, 1.54) is 24.3 Å². The first-order chi connectivity index (χ1) is 15.5. The van der Waals surface area contributed by atoms with E-state index >= 15 is 0 Å². The quantitative estimate of drug-likeness (QED) is 0.407. The fourth-order valence-electron chi connectivity index (χ4n) is 3.35. The van der Waals surface area contributed by atoms with Crippen LogP contribution in [0.15, 0.2) is 42.7 Å². The van der Waals surface area contributed by atoms with Gasteiger partial charge in [0.05, 0.1) is 12.9 Å². The Kier molecular flexibility index (Phi) is 8.53. The Labute approximate surface area is 194 Å². The van der Waals surface area contributed by atoms with Gasteiger partial charge < -0.3 is 20.4 Å². The minimum Gasteiger partial charge on any atom is -0.496 e. The van der Waals surface area contributed by atoms with Crippen LogP contribution in [0.5, 0.6) is 5.75 Å². The molecule has 0 aliphatic carbocycles. The van der Waals surface area contributed by atoms with Crippen LogP contribution in [0, 0.1) is 18.2 Å². The second-order valence-electron chi connectivity index (χ2n) is 7.59. The highest BCUT2D eigenvalue weighted by Crippen LogP contribution is 2.36. The van der Waals surface area contributed by atoms with E-state index in [1.54, 1.807) is 26.5 Å². The SMILES string of the molecule is CN/C=C(\C=N)c1ccc(C)c(/C(=C\N(C)C=O)c2cc(CS(C)(=O)=O)c(F)cc2OC)c1. The number of carbonyl (C=O) groups excluding carboxylic acids is 1. The van der Waals surface area contributed by atoms with Crippen LogP contribution in [0.1, 0.15) is 27.8 Å². The van der Waals surface area contributed by atoms with Crippen molar-refractivity contribution in [2.45, 2.75) is 12.7 Å². The van der Waals surface area contributed by atoms with E-state index in [9.17, 15) is 17.6 Å². The maximum Gasteiger partial charge on any atom is 0.213 e. The zero-order chi connectivity index (χ0) is 24.8. The first kappa shape index (κ1) is 25.8. The minimum atomic E-state index is -3.50. The molecule has 0 radical (unpaired) electrons. The number of amides is 1. The molecule has 7 nitrogen and oxygen atoms in total. The zero-order valence-corrected chi connectivity index (χ0v) is 20.1. The summed E-state index contributed by atoms with van der Waals surface area (Å²) in [6, 6.07) is 8.18. The molecule has 0 bridgehead atoms. The lowest BCUT2D eigenvalue weighted by Gasteiger charge is -2.19. The van der Waals surface area contributed by atoms with E-state index in [-0.39, 0.29) is 11.3 Å². The van der Waals surface area contributed by atoms with Gasteiger partial charge in [-0.05, 0) is 35.7 Å². The standard InChI is InChI=1S/C24H28FN3O4S/c1-16-6-7-17(19(11-26)12-27-2)8-20(16)22(13-28(3)15-29)21-9-18(14-33(5,30)31)23(25)10-24(21)32-4/h6-13,15,26-27H,14H2,1-5H3/b19-12+,22-13+,26-11?. The van der Waals surface area contributed by atoms with Crippen LogP contribution in [-0.4, -0.2) is 53.4 Å². The summed E-state index contributed by atoms with van der Waals surface area (Å²) < 4.78 is 43.8. The number of halogens is 1. The summed E-state index contributed by atoms with van der Waals surface area (Å²) in [5.74, 6) is -0.982. The predicted molar refractivity (Wildman–Crippen MR) is 129 cm³/mol. The number of hydrogen-bond donors (Lipinski definition) is 2. The van der Waals surface area contributed by atoms with Crippen molar-refractivity contribution >= 4 is 33.6 Å². The van der Waals surface area contributed by atoms with Gasteiger partial charge in [0.25, 0.3) is 0 Å². The molecule has 0 saturated carbocycles. The van der Waals surface area contributed by atoms with E-state index in [0.717, 1.165) is 23.4 Å². The highest BCUT2D eigenvalue weighted by atomic mass is 32.2. The van der Waals surface area contributed by atoms with Crippen molar-refractivity contribution in [3.63, 3.8) is 0 Å². The van der Waals surface area contributed by atoms with Crippen LogP contribution in [-0.2, 0) is 20.4 Å². The van der Waals surface area contributed by atoms with Gasteiger partial charge in [-0.3, -0.25) is 4.79 Å². The van der Waals surface area contributed by atoms with E-state index in [4.69, 9.17) is 10.1 Å². The third-order valence-corrected chi connectivity index (χ3v) is 5.73. The van der Waals surface area contributed by atoms with Crippen molar-refractivity contribution in [2.75, 3.05) is 27.5 Å². The highest BCUT2D eigenvalue weighted by molar-refractivity contribution is 7.89. The van der Waals surface area contributed by atoms with Crippen LogP contribution in [0.3, 0.4) is 0 Å². The van der Waals surface area contributed by atoms with Gasteiger partial charge in [-0.25, -0.2) is 12.8 Å². The van der Waals surface area contributed by atoms with Crippen LogP contribution < -0.4 is 10.1 Å². The third kappa shape index (κ3) is 6.52. The van der Waals surface area contributed by atoms with Gasteiger partial charge in [0, 0.05) is 67.3 Å². The molecule has 2 N–H and O–H groups in total. The number of aryl methyl sites for hydroxylation is 1. The molecule has 0 aliphatic heterocycles. The molecule has 0 aromatic heterocycles. The van der Waals surface area contributed by atoms with Crippen molar-refractivity contribution in [1.82, 2.24) is 10.2 Å². The third-order valence-electron chi connectivity index (χ3n) is 4.89. The Morgan fingerprint density at radius 3 is 2.48 bits per heavy atom. The number of ether oxygens (including phenoxy) is 1. The normalized spacial score (nSPS) is 12.3. The molecule has 176 valence electrons. The molecule has 0 spiro atoms. The largest absolute Gasteiger partial charge is 0.496 e. The Morgan fingerprint density at radius 1 is 1.24 bits per heavy atom. The molecule has 33 heavy (non-hydrogen) atoms. The van der Waals surface area contributed by atoms with Gasteiger partial charge in [0.1, 0.15) is 11.6 Å². The predicted octanol–water partition coefficient (Wildman–Crippen LogP) is 3.37. The van der Waals surface area contributed by atoms with Crippen LogP contribution in [0.25, 0.3) is 11.1 Å². The lowest BCUT2D eigenvalue weighted by atomic mass is 9.90. The zero-order valence-electron chi connectivity index (χ0n) is 19.3. The molecule has 0 saturated heterocycles. The number of methoxy groups -OCH3 is 1. The van der Waals surface area contributed by atoms with Gasteiger partial charge in [-0.15, -0.1) is 0 Å². The fraction of sp³-hybridized carbons (Fsp3) is 0.250. The maximum absolute atomic E-state index is 14.7. The average Bonchev–Trinajstić information content (AvgIpc) is 2.76. The number of sulfone groups is 1. The van der Waals surface area contributed by atoms with E-state index < -0.39 is 21.4 Å². The van der Waals surface area contributed by atoms with Crippen molar-refractivity contribution in [2.24, 2.45) is 0 Å². The van der Waals surface area contributed by atoms with Crippen molar-refractivity contribution in [1.29, 1.82) is 5.41 Å². The molecule has 0 aliphatic rings. The van der Waals surface area contributed by atoms with Crippen molar-refractivity contribution < 1.29 is 22.3 Å². The Morgan fingerprint density at radius 2 is 1.94 bits per heavy atom. The smallest absolute Gasteiger partial charge is 0.213 e. The maximum atomic E-state index is 14.7. The fourth-order valence-corrected chi connectivity index (χ4v) is 4.13. The highest BCUT2D eigenvalue weighted by Gasteiger charge is 2.20. The summed E-state index contributed by atoms with van der Waals surface area (Å²) in [6.45, 7) is 1.88. The van der Waals surface area contributed by atoms with Gasteiger partial charge in [-0.1, -0.05) is 12.1 Å². The monoisotopic (exact) mass is 473 g/mol. The number of allylic oxidation sites excluding steroid dienone is 1.